The summed E-state index contributed by atoms with van der Waals surface area (Å²) in [6.07, 6.45) is 44.5. The van der Waals surface area contributed by atoms with Crippen molar-refractivity contribution < 1.29 is 30.0 Å². The molecule has 0 atom stereocenters. The molecule has 0 bridgehead atoms. The first-order chi connectivity index (χ1) is 31.8. The number of nitrogens with one attached hydrogen (secondary N) is 2. The molecule has 2 rings (SSSR count). The van der Waals surface area contributed by atoms with Gasteiger partial charge in [0.15, 0.2) is 0 Å². The van der Waals surface area contributed by atoms with Crippen LogP contribution in [0.2, 0.25) is 0 Å². The molecule has 2 aromatic carbocycles. The maximum Gasteiger partial charge on any atom is 0.251 e. The Morgan fingerprint density at radius 2 is 0.631 bits per heavy atom. The molecule has 0 aromatic heterocycles. The van der Waals surface area contributed by atoms with Crippen molar-refractivity contribution in [1.82, 2.24) is 10.6 Å². The van der Waals surface area contributed by atoms with Gasteiger partial charge >= 0.3 is 0 Å². The molecule has 0 aliphatic carbocycles. The summed E-state index contributed by atoms with van der Waals surface area (Å²) >= 11 is 0. The molecule has 0 radical (unpaired) electrons. The van der Waals surface area contributed by atoms with Crippen LogP contribution in [0.1, 0.15) is 251 Å². The summed E-state index contributed by atoms with van der Waals surface area (Å²) in [5, 5.41) is 48.9. The quantitative estimate of drug-likeness (QED) is 0.0290. The van der Waals surface area contributed by atoms with Gasteiger partial charge in [0.05, 0.1) is 13.2 Å². The molecule has 0 fully saturated rings. The summed E-state index contributed by atoms with van der Waals surface area (Å²) in [5.41, 5.74) is 0.200. The van der Waals surface area contributed by atoms with Gasteiger partial charge in [-0.05, 0) is 60.4 Å². The summed E-state index contributed by atoms with van der Waals surface area (Å²) in [5.74, 6) is -1.18. The van der Waals surface area contributed by atoms with Gasteiger partial charge in [0.25, 0.3) is 11.8 Å². The third kappa shape index (κ3) is 26.3. The Balaban J connectivity index is 1.66. The molecule has 8 nitrogen and oxygen atoms in total. The molecular formula is C57H94N2O6. The monoisotopic (exact) mass is 903 g/mol. The van der Waals surface area contributed by atoms with E-state index in [0.717, 1.165) is 25.7 Å². The molecule has 0 heterocycles. The van der Waals surface area contributed by atoms with E-state index in [0.29, 0.717) is 35.3 Å². The van der Waals surface area contributed by atoms with Gasteiger partial charge in [-0.15, -0.1) is 0 Å². The zero-order valence-electron chi connectivity index (χ0n) is 41.3. The van der Waals surface area contributed by atoms with Crippen LogP contribution >= 0.6 is 0 Å². The van der Waals surface area contributed by atoms with Crippen molar-refractivity contribution in [2.75, 3.05) is 26.3 Å². The molecule has 8 heteroatoms. The second kappa shape index (κ2) is 38.5. The third-order valence-electron chi connectivity index (χ3n) is 13.1. The fraction of sp³-hybridized carbons (Fsp3) is 0.684. The van der Waals surface area contributed by atoms with Crippen molar-refractivity contribution >= 4 is 24.0 Å². The zero-order valence-corrected chi connectivity index (χ0v) is 41.3. The minimum atomic E-state index is -1.86. The van der Waals surface area contributed by atoms with E-state index in [2.05, 4.69) is 24.5 Å². The van der Waals surface area contributed by atoms with E-state index in [1.807, 2.05) is 0 Å². The van der Waals surface area contributed by atoms with Crippen molar-refractivity contribution in [1.29, 1.82) is 0 Å². The maximum absolute atomic E-state index is 12.8. The van der Waals surface area contributed by atoms with E-state index in [4.69, 9.17) is 0 Å². The molecule has 0 unspecified atom stereocenters. The van der Waals surface area contributed by atoms with Crippen molar-refractivity contribution in [3.63, 3.8) is 0 Å². The van der Waals surface area contributed by atoms with Crippen LogP contribution in [0.25, 0.3) is 12.2 Å². The zero-order chi connectivity index (χ0) is 47.1. The Bertz CT molecular complexity index is 1420. The van der Waals surface area contributed by atoms with Crippen LogP contribution in [0.3, 0.4) is 0 Å². The van der Waals surface area contributed by atoms with Crippen LogP contribution in [-0.4, -0.2) is 58.5 Å². The van der Waals surface area contributed by atoms with Crippen molar-refractivity contribution in [3.8, 4) is 0 Å². The number of aliphatic hydroxyl groups is 4. The summed E-state index contributed by atoms with van der Waals surface area (Å²) in [6, 6.07) is 13.3. The minimum Gasteiger partial charge on any atom is -0.511 e. The van der Waals surface area contributed by atoms with Crippen molar-refractivity contribution in [2.24, 2.45) is 5.41 Å². The maximum atomic E-state index is 12.8. The van der Waals surface area contributed by atoms with E-state index in [1.165, 1.54) is 192 Å². The highest BCUT2D eigenvalue weighted by atomic mass is 16.3. The summed E-state index contributed by atoms with van der Waals surface area (Å²) < 4.78 is 0. The molecule has 2 aromatic rings. The lowest BCUT2D eigenvalue weighted by molar-refractivity contribution is 0.0487. The van der Waals surface area contributed by atoms with E-state index >= 15 is 0 Å². The number of carbonyl (C=O) groups is 2. The van der Waals surface area contributed by atoms with Gasteiger partial charge in [-0.25, -0.2) is 0 Å². The van der Waals surface area contributed by atoms with E-state index < -0.39 is 30.1 Å². The SMILES string of the molecule is CCCCCCCCCCCCCCCCCCNC(=O)c1ccc(C=C(O)C(CO)(CO)C(O)=Cc2ccc(C(=O)NCCCCCCCCCCCCCCCCCC)cc2)cc1. The van der Waals surface area contributed by atoms with Crippen LogP contribution < -0.4 is 10.6 Å². The second-order valence-corrected chi connectivity index (χ2v) is 18.8. The molecule has 0 aliphatic heterocycles. The second-order valence-electron chi connectivity index (χ2n) is 18.8. The van der Waals surface area contributed by atoms with Crippen LogP contribution in [0.4, 0.5) is 0 Å². The Morgan fingerprint density at radius 3 is 0.862 bits per heavy atom. The molecule has 368 valence electrons. The fourth-order valence-electron chi connectivity index (χ4n) is 8.51. The molecule has 0 saturated carbocycles. The first-order valence-electron chi connectivity index (χ1n) is 26.6. The van der Waals surface area contributed by atoms with Gasteiger partial charge in [-0.2, -0.15) is 0 Å². The van der Waals surface area contributed by atoms with Crippen LogP contribution in [0, 0.1) is 5.41 Å². The first-order valence-corrected chi connectivity index (χ1v) is 26.6. The van der Waals surface area contributed by atoms with Gasteiger partial charge in [-0.3, -0.25) is 9.59 Å². The molecule has 0 aliphatic rings. The summed E-state index contributed by atoms with van der Waals surface area (Å²) in [4.78, 5) is 25.5. The molecular weight excluding hydrogens is 809 g/mol. The van der Waals surface area contributed by atoms with Crippen LogP contribution in [-0.2, 0) is 0 Å². The van der Waals surface area contributed by atoms with Gasteiger partial charge in [-0.1, -0.05) is 231 Å². The summed E-state index contributed by atoms with van der Waals surface area (Å²) in [7, 11) is 0. The smallest absolute Gasteiger partial charge is 0.251 e. The predicted molar refractivity (Wildman–Crippen MR) is 274 cm³/mol. The summed E-state index contributed by atoms with van der Waals surface area (Å²) in [6.45, 7) is 4.27. The largest absolute Gasteiger partial charge is 0.511 e. The number of hydrogen-bond acceptors (Lipinski definition) is 6. The molecule has 0 saturated heterocycles. The Labute approximate surface area is 396 Å². The number of carbonyl (C=O) groups excluding carboxylic acids is 2. The van der Waals surface area contributed by atoms with Crippen molar-refractivity contribution in [2.45, 2.75) is 219 Å². The number of aliphatic hydroxyl groups excluding tert-OH is 4. The van der Waals surface area contributed by atoms with Crippen molar-refractivity contribution in [3.05, 3.63) is 82.3 Å². The highest BCUT2D eigenvalue weighted by Crippen LogP contribution is 2.34. The highest BCUT2D eigenvalue weighted by Gasteiger charge is 2.38. The standard InChI is InChI=1S/C57H94N2O6/c1-3-5-7-9-11-13-15-17-19-21-23-25-27-29-31-33-43-58-55(64)51-39-35-49(36-40-51)45-53(62)57(47-60,48-61)54(63)46-50-37-41-52(42-38-50)56(65)59-44-34-32-30-28-26-24-22-20-18-16-14-12-10-8-6-4-2/h35-42,45-46,60-63H,3-34,43-44,47-48H2,1-2H3,(H,58,64)(H,59,65). The van der Waals surface area contributed by atoms with Crippen LogP contribution in [0.5, 0.6) is 0 Å². The number of hydrogen-bond donors (Lipinski definition) is 6. The molecule has 6 N–H and O–H groups in total. The Morgan fingerprint density at radius 1 is 0.400 bits per heavy atom. The lowest BCUT2D eigenvalue weighted by atomic mass is 9.83. The first kappa shape index (κ1) is 57.5. The van der Waals surface area contributed by atoms with Crippen LogP contribution in [0.15, 0.2) is 60.0 Å². The van der Waals surface area contributed by atoms with Gasteiger partial charge in [0.1, 0.15) is 16.9 Å². The normalized spacial score (nSPS) is 12.2. The van der Waals surface area contributed by atoms with Gasteiger partial charge < -0.3 is 31.1 Å². The fourth-order valence-corrected chi connectivity index (χ4v) is 8.51. The number of amides is 2. The Kier molecular flexibility index (Phi) is 34.0. The molecule has 0 spiro atoms. The highest BCUT2D eigenvalue weighted by molar-refractivity contribution is 5.94. The lowest BCUT2D eigenvalue weighted by Gasteiger charge is -2.28. The third-order valence-corrected chi connectivity index (χ3v) is 13.1. The number of benzene rings is 2. The van der Waals surface area contributed by atoms with Gasteiger partial charge in [0, 0.05) is 24.2 Å². The molecule has 2 amide bonds. The lowest BCUT2D eigenvalue weighted by Crippen LogP contribution is -2.34. The number of unbranched alkanes of at least 4 members (excludes halogenated alkanes) is 30. The Hall–Kier alpha value is -3.62. The van der Waals surface area contributed by atoms with Gasteiger partial charge in [0.2, 0.25) is 0 Å². The van der Waals surface area contributed by atoms with E-state index in [-0.39, 0.29) is 11.8 Å². The van der Waals surface area contributed by atoms with E-state index in [1.54, 1.807) is 48.5 Å². The topological polar surface area (TPSA) is 139 Å². The average Bonchev–Trinajstić information content (AvgIpc) is 3.32. The number of rotatable bonds is 42. The average molecular weight is 903 g/mol. The van der Waals surface area contributed by atoms with E-state index in [9.17, 15) is 30.0 Å². The molecule has 65 heavy (non-hydrogen) atoms. The predicted octanol–water partition coefficient (Wildman–Crippen LogP) is 15.1. The minimum absolute atomic E-state index is 0.162.